The first-order chi connectivity index (χ1) is 17.3. The van der Waals surface area contributed by atoms with Crippen molar-refractivity contribution in [2.24, 2.45) is 0 Å². The molecule has 0 aliphatic carbocycles. The van der Waals surface area contributed by atoms with Gasteiger partial charge in [-0.15, -0.1) is 0 Å². The second kappa shape index (κ2) is 9.00. The van der Waals surface area contributed by atoms with Crippen LogP contribution in [0.3, 0.4) is 0 Å². The summed E-state index contributed by atoms with van der Waals surface area (Å²) in [6.07, 6.45) is 12.0. The molecule has 2 heteroatoms. The molecular weight excluding hydrogens is 424 g/mol. The quantitative estimate of drug-likeness (QED) is 0.153. The fraction of sp³-hybridized carbons (Fsp3) is 0.0303. The minimum atomic E-state index is 1.02. The van der Waals surface area contributed by atoms with Crippen LogP contribution < -0.4 is 0 Å². The number of benzene rings is 4. The molecule has 0 atom stereocenters. The van der Waals surface area contributed by atoms with E-state index in [1.54, 1.807) is 0 Å². The summed E-state index contributed by atoms with van der Waals surface area (Å²) in [6.45, 7) is 2.03. The van der Waals surface area contributed by atoms with Gasteiger partial charge in [-0.05, 0) is 47.2 Å². The number of aromatic nitrogens is 2. The van der Waals surface area contributed by atoms with E-state index in [1.165, 1.54) is 27.5 Å². The van der Waals surface area contributed by atoms with Gasteiger partial charge >= 0.3 is 0 Å². The fourth-order valence-corrected chi connectivity index (χ4v) is 4.84. The van der Waals surface area contributed by atoms with Crippen LogP contribution in [0, 0.1) is 0 Å². The first kappa shape index (κ1) is 21.0. The van der Waals surface area contributed by atoms with Gasteiger partial charge in [-0.3, -0.25) is 4.98 Å². The molecule has 0 aliphatic heterocycles. The van der Waals surface area contributed by atoms with Crippen LogP contribution in [0.5, 0.6) is 0 Å². The van der Waals surface area contributed by atoms with Gasteiger partial charge in [0.1, 0.15) is 0 Å². The molecule has 0 aliphatic rings. The Balaban J connectivity index is 1.72. The standard InChI is InChI=1S/C33H24N2/c1-2-3-4-10-25-11-8-15-29-31(27-13-7-12-26(22-27)23-18-20-34-21-19-23)30-17-16-24-9-5-6-14-28(24)33(30)35-32(25)29/h2-22H,1H3/b3-2-,10-4-. The van der Waals surface area contributed by atoms with Crippen LogP contribution in [0.15, 0.2) is 122 Å². The Labute approximate surface area is 204 Å². The van der Waals surface area contributed by atoms with Gasteiger partial charge in [0.2, 0.25) is 0 Å². The molecule has 0 N–H and O–H groups in total. The summed E-state index contributed by atoms with van der Waals surface area (Å²) in [5.74, 6) is 0. The molecule has 0 bridgehead atoms. The molecule has 6 aromatic rings. The van der Waals surface area contributed by atoms with E-state index in [0.29, 0.717) is 0 Å². The summed E-state index contributed by atoms with van der Waals surface area (Å²) in [4.78, 5) is 9.45. The summed E-state index contributed by atoms with van der Waals surface area (Å²) in [6, 6.07) is 32.3. The van der Waals surface area contributed by atoms with E-state index >= 15 is 0 Å². The lowest BCUT2D eigenvalue weighted by Crippen LogP contribution is -1.93. The van der Waals surface area contributed by atoms with E-state index in [1.807, 2.05) is 31.5 Å². The molecule has 166 valence electrons. The van der Waals surface area contributed by atoms with Gasteiger partial charge in [0.15, 0.2) is 0 Å². The van der Waals surface area contributed by atoms with E-state index in [2.05, 4.69) is 108 Å². The van der Waals surface area contributed by atoms with Gasteiger partial charge in [0.05, 0.1) is 11.0 Å². The Morgan fingerprint density at radius 2 is 1.37 bits per heavy atom. The number of allylic oxidation sites excluding steroid dienone is 3. The Kier molecular flexibility index (Phi) is 5.40. The molecule has 0 spiro atoms. The molecule has 0 fully saturated rings. The molecule has 6 rings (SSSR count). The van der Waals surface area contributed by atoms with Gasteiger partial charge < -0.3 is 0 Å². The first-order valence-electron chi connectivity index (χ1n) is 11.9. The second-order valence-corrected chi connectivity index (χ2v) is 8.61. The zero-order valence-electron chi connectivity index (χ0n) is 19.5. The maximum atomic E-state index is 5.27. The SMILES string of the molecule is C/C=C\C=C/c1cccc2c(-c3cccc(-c4ccncc4)c3)c3ccc4ccccc4c3nc12. The lowest BCUT2D eigenvalue weighted by atomic mass is 9.91. The third-order valence-electron chi connectivity index (χ3n) is 6.47. The lowest BCUT2D eigenvalue weighted by Gasteiger charge is -2.15. The van der Waals surface area contributed by atoms with Gasteiger partial charge in [-0.25, -0.2) is 4.98 Å². The lowest BCUT2D eigenvalue weighted by molar-refractivity contribution is 1.33. The predicted octanol–water partition coefficient (Wildman–Crippen LogP) is 8.86. The van der Waals surface area contributed by atoms with Crippen molar-refractivity contribution in [3.05, 3.63) is 127 Å². The van der Waals surface area contributed by atoms with Crippen molar-refractivity contribution in [1.29, 1.82) is 0 Å². The largest absolute Gasteiger partial charge is 0.265 e. The molecular formula is C33H24N2. The van der Waals surface area contributed by atoms with Crippen LogP contribution in [-0.4, -0.2) is 9.97 Å². The molecule has 35 heavy (non-hydrogen) atoms. The highest BCUT2D eigenvalue weighted by Gasteiger charge is 2.15. The van der Waals surface area contributed by atoms with Crippen LogP contribution in [0.1, 0.15) is 12.5 Å². The zero-order chi connectivity index (χ0) is 23.6. The smallest absolute Gasteiger partial charge is 0.0794 e. The van der Waals surface area contributed by atoms with Gasteiger partial charge in [0, 0.05) is 39.7 Å². The Morgan fingerprint density at radius 1 is 0.600 bits per heavy atom. The molecule has 2 heterocycles. The number of nitrogens with zero attached hydrogens (tertiary/aromatic N) is 2. The van der Waals surface area contributed by atoms with E-state index in [-0.39, 0.29) is 0 Å². The van der Waals surface area contributed by atoms with Gasteiger partial charge in [-0.1, -0.05) is 97.1 Å². The summed E-state index contributed by atoms with van der Waals surface area (Å²) in [5, 5.41) is 4.69. The summed E-state index contributed by atoms with van der Waals surface area (Å²) >= 11 is 0. The third kappa shape index (κ3) is 3.79. The van der Waals surface area contributed by atoms with Gasteiger partial charge in [-0.2, -0.15) is 0 Å². The maximum absolute atomic E-state index is 5.27. The fourth-order valence-electron chi connectivity index (χ4n) is 4.84. The highest BCUT2D eigenvalue weighted by Crippen LogP contribution is 2.39. The zero-order valence-corrected chi connectivity index (χ0v) is 19.5. The van der Waals surface area contributed by atoms with Crippen molar-refractivity contribution < 1.29 is 0 Å². The summed E-state index contributed by atoms with van der Waals surface area (Å²) in [7, 11) is 0. The second-order valence-electron chi connectivity index (χ2n) is 8.61. The molecule has 0 saturated carbocycles. The highest BCUT2D eigenvalue weighted by atomic mass is 14.7. The Hall–Kier alpha value is -4.56. The van der Waals surface area contributed by atoms with E-state index in [4.69, 9.17) is 4.98 Å². The molecule has 4 aromatic carbocycles. The van der Waals surface area contributed by atoms with Crippen LogP contribution in [-0.2, 0) is 0 Å². The highest BCUT2D eigenvalue weighted by molar-refractivity contribution is 6.17. The van der Waals surface area contributed by atoms with E-state index in [9.17, 15) is 0 Å². The van der Waals surface area contributed by atoms with E-state index in [0.717, 1.165) is 32.9 Å². The van der Waals surface area contributed by atoms with Crippen molar-refractivity contribution in [3.63, 3.8) is 0 Å². The number of pyridine rings is 2. The maximum Gasteiger partial charge on any atom is 0.0794 e. The van der Waals surface area contributed by atoms with Crippen molar-refractivity contribution in [2.45, 2.75) is 6.92 Å². The summed E-state index contributed by atoms with van der Waals surface area (Å²) in [5.41, 5.74) is 7.89. The third-order valence-corrected chi connectivity index (χ3v) is 6.47. The molecule has 0 saturated heterocycles. The van der Waals surface area contributed by atoms with Crippen LogP contribution in [0.2, 0.25) is 0 Å². The molecule has 0 unspecified atom stereocenters. The van der Waals surface area contributed by atoms with Crippen LogP contribution in [0.4, 0.5) is 0 Å². The Morgan fingerprint density at radius 3 is 2.26 bits per heavy atom. The molecule has 0 radical (unpaired) electrons. The number of hydrogen-bond acceptors (Lipinski definition) is 2. The number of rotatable bonds is 4. The normalized spacial score (nSPS) is 11.9. The summed E-state index contributed by atoms with van der Waals surface area (Å²) < 4.78 is 0. The molecule has 0 amide bonds. The average molecular weight is 449 g/mol. The molecule has 2 nitrogen and oxygen atoms in total. The topological polar surface area (TPSA) is 25.8 Å². The first-order valence-corrected chi connectivity index (χ1v) is 11.9. The minimum Gasteiger partial charge on any atom is -0.265 e. The van der Waals surface area contributed by atoms with E-state index < -0.39 is 0 Å². The van der Waals surface area contributed by atoms with Crippen molar-refractivity contribution >= 4 is 38.7 Å². The van der Waals surface area contributed by atoms with Gasteiger partial charge in [0.25, 0.3) is 0 Å². The average Bonchev–Trinajstić information content (AvgIpc) is 2.92. The molecule has 2 aromatic heterocycles. The number of para-hydroxylation sites is 1. The predicted molar refractivity (Wildman–Crippen MR) is 149 cm³/mol. The van der Waals surface area contributed by atoms with Crippen molar-refractivity contribution in [1.82, 2.24) is 9.97 Å². The van der Waals surface area contributed by atoms with Crippen LogP contribution >= 0.6 is 0 Å². The number of hydrogen-bond donors (Lipinski definition) is 0. The van der Waals surface area contributed by atoms with Crippen molar-refractivity contribution in [3.8, 4) is 22.3 Å². The van der Waals surface area contributed by atoms with Crippen LogP contribution in [0.25, 0.3) is 60.9 Å². The minimum absolute atomic E-state index is 1.02. The number of fused-ring (bicyclic) bond motifs is 4. The Bertz CT molecular complexity index is 1740. The monoisotopic (exact) mass is 448 g/mol. The van der Waals surface area contributed by atoms with Crippen molar-refractivity contribution in [2.75, 3.05) is 0 Å².